The average Bonchev–Trinajstić information content (AvgIpc) is 1.78. The van der Waals surface area contributed by atoms with Gasteiger partial charge in [0.2, 0.25) is 11.8 Å². The number of amides is 4. The van der Waals surface area contributed by atoms with E-state index >= 15 is 0 Å². The Kier molecular flexibility index (Phi) is 23.5. The lowest BCUT2D eigenvalue weighted by molar-refractivity contribution is -0.362. The molecule has 0 radical (unpaired) electrons. The Morgan fingerprint density at radius 3 is 1.14 bits per heavy atom. The zero-order valence-corrected chi connectivity index (χ0v) is 52.1. The van der Waals surface area contributed by atoms with E-state index in [0.717, 1.165) is 4.90 Å². The zero-order valence-electron chi connectivity index (χ0n) is 52.1. The van der Waals surface area contributed by atoms with Crippen molar-refractivity contribution in [1.29, 1.82) is 0 Å². The van der Waals surface area contributed by atoms with Gasteiger partial charge in [-0.2, -0.15) is 0 Å². The largest absolute Gasteiger partial charge is 0.463 e. The second-order valence-corrected chi connectivity index (χ2v) is 24.0. The Morgan fingerprint density at radius 1 is 0.414 bits per heavy atom. The van der Waals surface area contributed by atoms with Crippen molar-refractivity contribution in [3.05, 3.63) is 35.4 Å². The Bertz CT molecular complexity index is 2600. The van der Waals surface area contributed by atoms with Gasteiger partial charge in [-0.3, -0.25) is 48.1 Å². The first-order chi connectivity index (χ1) is 41.0. The number of carbonyl (C=O) groups excluding carboxylic acids is 9. The summed E-state index contributed by atoms with van der Waals surface area (Å²) >= 11 is 0. The van der Waals surface area contributed by atoms with E-state index in [4.69, 9.17) is 66.3 Å². The molecule has 486 valence electrons. The normalized spacial score (nSPS) is 38.5. The van der Waals surface area contributed by atoms with Gasteiger partial charge in [-0.15, -0.1) is 0 Å². The number of benzene rings is 1. The van der Waals surface area contributed by atoms with E-state index < -0.39 is 199 Å². The van der Waals surface area contributed by atoms with Crippen LogP contribution < -0.4 is 10.6 Å². The van der Waals surface area contributed by atoms with Crippen molar-refractivity contribution in [2.24, 2.45) is 47.3 Å². The van der Waals surface area contributed by atoms with Gasteiger partial charge in [0.15, 0.2) is 31.5 Å². The van der Waals surface area contributed by atoms with Crippen molar-refractivity contribution in [2.45, 2.75) is 208 Å². The number of fused-ring (bicyclic) bond motifs is 1. The van der Waals surface area contributed by atoms with Crippen molar-refractivity contribution < 1.29 is 115 Å². The van der Waals surface area contributed by atoms with Gasteiger partial charge in [-0.25, -0.2) is 0 Å². The van der Waals surface area contributed by atoms with E-state index in [1.165, 1.54) is 48.5 Å². The molecule has 5 saturated heterocycles. The molecule has 25 atom stereocenters. The van der Waals surface area contributed by atoms with E-state index in [1.807, 2.05) is 41.5 Å². The molecule has 12 unspecified atom stereocenters. The lowest BCUT2D eigenvalue weighted by Gasteiger charge is -2.52. The molecule has 87 heavy (non-hydrogen) atoms. The number of aliphatic hydroxyl groups excluding tert-OH is 1. The molecule has 0 saturated carbocycles. The number of ether oxygens (including phenoxy) is 14. The van der Waals surface area contributed by atoms with Gasteiger partial charge in [0, 0.05) is 72.1 Å². The lowest BCUT2D eigenvalue weighted by atomic mass is 9.80. The molecule has 4 amide bonds. The molecule has 1 aromatic rings. The zero-order chi connectivity index (χ0) is 64.0. The molecule has 27 nitrogen and oxygen atoms in total. The minimum absolute atomic E-state index is 0.151. The van der Waals surface area contributed by atoms with Crippen molar-refractivity contribution in [3.63, 3.8) is 0 Å². The molecular formula is C60H87N3O24. The number of aliphatic hydroxyl groups is 1. The van der Waals surface area contributed by atoms with Crippen molar-refractivity contribution in [2.75, 3.05) is 33.0 Å². The van der Waals surface area contributed by atoms with Crippen LogP contribution in [0.4, 0.5) is 0 Å². The molecule has 0 aliphatic carbocycles. The van der Waals surface area contributed by atoms with Gasteiger partial charge in [0.25, 0.3) is 11.8 Å². The van der Waals surface area contributed by atoms with Crippen LogP contribution in [0.25, 0.3) is 0 Å². The number of hydrogen-bond acceptors (Lipinski definition) is 24. The molecule has 1 aromatic carbocycles. The average molecular weight is 1230 g/mol. The van der Waals surface area contributed by atoms with Gasteiger partial charge in [-0.05, 0) is 35.8 Å². The third kappa shape index (κ3) is 16.2. The molecule has 7 rings (SSSR count). The quantitative estimate of drug-likeness (QED) is 0.0905. The number of hydrogen-bond donors (Lipinski definition) is 3. The number of imide groups is 1. The number of carbonyl (C=O) groups is 9. The molecule has 6 aliphatic rings. The van der Waals surface area contributed by atoms with Crippen LogP contribution in [0.15, 0.2) is 24.3 Å². The highest BCUT2D eigenvalue weighted by Gasteiger charge is 2.57. The van der Waals surface area contributed by atoms with Crippen LogP contribution in [0.3, 0.4) is 0 Å². The van der Waals surface area contributed by atoms with E-state index in [2.05, 4.69) is 10.6 Å². The summed E-state index contributed by atoms with van der Waals surface area (Å²) in [5, 5.41) is 16.6. The molecule has 27 heteroatoms. The fourth-order valence-corrected chi connectivity index (χ4v) is 12.5. The van der Waals surface area contributed by atoms with Crippen molar-refractivity contribution in [1.82, 2.24) is 15.5 Å². The minimum Gasteiger partial charge on any atom is -0.463 e. The van der Waals surface area contributed by atoms with Crippen LogP contribution in [0.1, 0.15) is 125 Å². The number of esters is 5. The van der Waals surface area contributed by atoms with Gasteiger partial charge >= 0.3 is 29.8 Å². The Morgan fingerprint density at radius 2 is 0.736 bits per heavy atom. The maximum atomic E-state index is 14.2. The lowest BCUT2D eigenvalue weighted by Crippen LogP contribution is -2.66. The Labute approximate surface area is 506 Å². The number of nitrogens with one attached hydrogen (secondary N) is 2. The van der Waals surface area contributed by atoms with E-state index in [9.17, 15) is 48.3 Å². The smallest absolute Gasteiger partial charge is 0.302 e. The maximum absolute atomic E-state index is 14.2. The summed E-state index contributed by atoms with van der Waals surface area (Å²) in [4.78, 5) is 117. The van der Waals surface area contributed by atoms with Crippen molar-refractivity contribution >= 4 is 53.5 Å². The second-order valence-electron chi connectivity index (χ2n) is 24.0. The Hall–Kier alpha value is -5.75. The van der Waals surface area contributed by atoms with Crippen LogP contribution in [-0.4, -0.2) is 201 Å². The van der Waals surface area contributed by atoms with Gasteiger partial charge in [0.05, 0.1) is 59.8 Å². The molecule has 3 N–H and O–H groups in total. The monoisotopic (exact) mass is 1230 g/mol. The molecule has 0 spiro atoms. The SMILES string of the molecule is CC(=O)N[C@@H]1C(C)[C@@H](OC2OC(COC(C)=O)C(O[C@@H]3O[C@@H](COC(C)=O)[C@@H](C)C(C)C3N3C(=O)c4ccccc4C3=O)[C@H](C)[C@@H]2C)C(COC(C)=O)O[C@@H]1OC1C(COC(C)=O)OC(O[C@H]2C(COC(C)=O)O[C@H](O)[C@H](NC(C)=O)C2C)[C@@H](C)[C@H]1C. The molecular weight excluding hydrogens is 1150 g/mol. The standard InChI is InChI=1S/C60H87N3O24/c1-25-26(2)49(63-54(71)40-18-16-17-19-41(40)55(63)72)60(80-42(25)20-74-35(11)66)87-51-28(4)30(6)58(82-45(51)23-77-38(14)69)85-53-32(8)48(62-34(10)65)59(83-46(53)24-78-39(15)70)86-50-27(3)29(5)57(81-44(50)22-76-37(13)68)84-52-31(7)47(61-33(9)64)56(73)79-43(52)21-75-36(12)67/h16-19,25-32,42-53,56-60,73H,20-24H2,1-15H3,(H,61,64)(H,62,65)/t25-,26?,27+,28+,29-,30-,31?,32?,42-,43?,44?,45?,46?,47+,48+,49?,50?,51?,52+,53+,56-,57?,58?,59+,60-/m0/s1. The van der Waals surface area contributed by atoms with Crippen LogP contribution in [0.5, 0.6) is 0 Å². The highest BCUT2D eigenvalue weighted by atomic mass is 16.8. The highest BCUT2D eigenvalue weighted by molar-refractivity contribution is 6.21. The predicted octanol–water partition coefficient (Wildman–Crippen LogP) is 2.72. The van der Waals surface area contributed by atoms with Crippen LogP contribution >= 0.6 is 0 Å². The third-order valence-electron chi connectivity index (χ3n) is 17.9. The summed E-state index contributed by atoms with van der Waals surface area (Å²) in [6.07, 6.45) is -15.3. The third-order valence-corrected chi connectivity index (χ3v) is 17.9. The fraction of sp³-hybridized carbons (Fsp3) is 0.750. The summed E-state index contributed by atoms with van der Waals surface area (Å²) in [5.74, 6) is -9.39. The van der Waals surface area contributed by atoms with Gasteiger partial charge < -0.3 is 82.1 Å². The first-order valence-electron chi connectivity index (χ1n) is 29.7. The second kappa shape index (κ2) is 29.7. The van der Waals surface area contributed by atoms with E-state index in [1.54, 1.807) is 38.1 Å². The van der Waals surface area contributed by atoms with Gasteiger partial charge in [0.1, 0.15) is 57.5 Å². The molecule has 5 fully saturated rings. The van der Waals surface area contributed by atoms with E-state index in [-0.39, 0.29) is 50.1 Å². The van der Waals surface area contributed by atoms with Crippen molar-refractivity contribution in [3.8, 4) is 0 Å². The predicted molar refractivity (Wildman–Crippen MR) is 297 cm³/mol. The minimum atomic E-state index is -1.48. The molecule has 6 heterocycles. The molecule has 0 bridgehead atoms. The van der Waals surface area contributed by atoms with Crippen LogP contribution in [-0.2, 0) is 99.9 Å². The number of nitrogens with zero attached hydrogens (tertiary/aromatic N) is 1. The Balaban J connectivity index is 1.16. The van der Waals surface area contributed by atoms with Crippen LogP contribution in [0.2, 0.25) is 0 Å². The first kappa shape index (κ1) is 68.7. The van der Waals surface area contributed by atoms with Gasteiger partial charge in [-0.1, -0.05) is 67.5 Å². The summed E-state index contributed by atoms with van der Waals surface area (Å²) in [7, 11) is 0. The molecule has 6 aliphatic heterocycles. The van der Waals surface area contributed by atoms with Crippen LogP contribution in [0, 0.1) is 47.3 Å². The fourth-order valence-electron chi connectivity index (χ4n) is 12.5. The maximum Gasteiger partial charge on any atom is 0.302 e. The highest BCUT2D eigenvalue weighted by Crippen LogP contribution is 2.44. The summed E-state index contributed by atoms with van der Waals surface area (Å²) in [6.45, 7) is 21.9. The van der Waals surface area contributed by atoms with E-state index in [0.29, 0.717) is 0 Å². The topological polar surface area (TPSA) is 330 Å². The molecule has 0 aromatic heterocycles. The number of rotatable bonds is 21. The first-order valence-corrected chi connectivity index (χ1v) is 29.7. The summed E-state index contributed by atoms with van der Waals surface area (Å²) < 4.78 is 87.7. The summed E-state index contributed by atoms with van der Waals surface area (Å²) in [6, 6.07) is 3.56. The summed E-state index contributed by atoms with van der Waals surface area (Å²) in [5.41, 5.74) is 0.441.